The van der Waals surface area contributed by atoms with Crippen molar-refractivity contribution in [2.45, 2.75) is 37.1 Å². The van der Waals surface area contributed by atoms with Crippen LogP contribution in [0.2, 0.25) is 0 Å². The third-order valence-electron chi connectivity index (χ3n) is 3.87. The molecule has 1 aliphatic rings. The number of aromatic nitrogens is 3. The van der Waals surface area contributed by atoms with E-state index in [-0.39, 0.29) is 17.8 Å². The van der Waals surface area contributed by atoms with Gasteiger partial charge in [-0.15, -0.1) is 11.8 Å². The summed E-state index contributed by atoms with van der Waals surface area (Å²) < 4.78 is 13.7. The number of rotatable bonds is 4. The predicted molar refractivity (Wildman–Crippen MR) is 96.3 cm³/mol. The van der Waals surface area contributed by atoms with Crippen molar-refractivity contribution in [3.05, 3.63) is 35.4 Å². The molecule has 5 nitrogen and oxygen atoms in total. The number of halogens is 1. The van der Waals surface area contributed by atoms with Crippen molar-refractivity contribution in [2.75, 3.05) is 30.1 Å². The van der Waals surface area contributed by atoms with E-state index in [1.165, 1.54) is 6.07 Å². The second kappa shape index (κ2) is 6.93. The third-order valence-corrected chi connectivity index (χ3v) is 4.99. The molecule has 3 rings (SSSR count). The lowest BCUT2D eigenvalue weighted by atomic mass is 10.0. The van der Waals surface area contributed by atoms with E-state index in [0.29, 0.717) is 11.9 Å². The lowest BCUT2D eigenvalue weighted by molar-refractivity contribution is 0.615. The Morgan fingerprint density at radius 2 is 2.04 bits per heavy atom. The minimum absolute atomic E-state index is 0.00868. The molecule has 0 bridgehead atoms. The van der Waals surface area contributed by atoms with Gasteiger partial charge in [0.15, 0.2) is 0 Å². The van der Waals surface area contributed by atoms with Crippen LogP contribution in [0.4, 0.5) is 16.3 Å². The van der Waals surface area contributed by atoms with Gasteiger partial charge in [0.2, 0.25) is 11.9 Å². The van der Waals surface area contributed by atoms with E-state index in [0.717, 1.165) is 28.5 Å². The Bertz CT molecular complexity index is 709. The normalized spacial score (nSPS) is 16.8. The van der Waals surface area contributed by atoms with Crippen molar-refractivity contribution in [3.63, 3.8) is 0 Å². The molecule has 0 fully saturated rings. The van der Waals surface area contributed by atoms with Crippen LogP contribution in [-0.2, 0) is 0 Å². The van der Waals surface area contributed by atoms with Gasteiger partial charge >= 0.3 is 0 Å². The van der Waals surface area contributed by atoms with Crippen molar-refractivity contribution in [1.29, 1.82) is 0 Å². The van der Waals surface area contributed by atoms with E-state index < -0.39 is 0 Å². The van der Waals surface area contributed by atoms with E-state index in [9.17, 15) is 4.39 Å². The van der Waals surface area contributed by atoms with E-state index in [4.69, 9.17) is 0 Å². The van der Waals surface area contributed by atoms with Crippen LogP contribution in [-0.4, -0.2) is 34.8 Å². The summed E-state index contributed by atoms with van der Waals surface area (Å²) >= 11 is 1.76. The highest BCUT2D eigenvalue weighted by Gasteiger charge is 2.23. The lowest BCUT2D eigenvalue weighted by Crippen LogP contribution is -2.21. The first kappa shape index (κ1) is 17.0. The number of hydrogen-bond acceptors (Lipinski definition) is 6. The smallest absolute Gasteiger partial charge is 0.229 e. The standard InChI is InChI=1S/C17H22FN5S/c1-10(2)15-20-16(22-17(21-15)23(3)4)19-13-7-8-24-14-6-5-11(18)9-12(13)14/h5-6,9-10,13H,7-8H2,1-4H3,(H,19,20,21,22). The molecule has 0 saturated carbocycles. The number of nitrogens with one attached hydrogen (secondary N) is 1. The Balaban J connectivity index is 1.93. The van der Waals surface area contributed by atoms with Crippen LogP contribution in [0.1, 0.15) is 43.6 Å². The van der Waals surface area contributed by atoms with Crippen LogP contribution >= 0.6 is 11.8 Å². The van der Waals surface area contributed by atoms with Crippen LogP contribution in [0.15, 0.2) is 23.1 Å². The number of nitrogens with zero attached hydrogens (tertiary/aromatic N) is 4. The van der Waals surface area contributed by atoms with Gasteiger partial charge in [-0.3, -0.25) is 0 Å². The molecule has 1 aliphatic heterocycles. The van der Waals surface area contributed by atoms with Gasteiger partial charge in [0.25, 0.3) is 0 Å². The lowest BCUT2D eigenvalue weighted by Gasteiger charge is -2.26. The van der Waals surface area contributed by atoms with Crippen LogP contribution < -0.4 is 10.2 Å². The van der Waals surface area contributed by atoms with Crippen LogP contribution in [0.25, 0.3) is 0 Å². The van der Waals surface area contributed by atoms with Crippen molar-refractivity contribution in [1.82, 2.24) is 15.0 Å². The fourth-order valence-electron chi connectivity index (χ4n) is 2.57. The Morgan fingerprint density at radius 1 is 1.25 bits per heavy atom. The zero-order valence-electron chi connectivity index (χ0n) is 14.4. The molecule has 24 heavy (non-hydrogen) atoms. The van der Waals surface area contributed by atoms with Crippen molar-refractivity contribution < 1.29 is 4.39 Å². The first-order chi connectivity index (χ1) is 11.4. The molecule has 1 aromatic heterocycles. The van der Waals surface area contributed by atoms with Gasteiger partial charge in [-0.05, 0) is 30.2 Å². The summed E-state index contributed by atoms with van der Waals surface area (Å²) in [4.78, 5) is 16.5. The first-order valence-corrected chi connectivity index (χ1v) is 9.04. The van der Waals surface area contributed by atoms with Gasteiger partial charge in [-0.2, -0.15) is 15.0 Å². The molecule has 128 valence electrons. The summed E-state index contributed by atoms with van der Waals surface area (Å²) in [7, 11) is 3.82. The molecule has 0 radical (unpaired) electrons. The minimum atomic E-state index is -0.212. The van der Waals surface area contributed by atoms with E-state index in [2.05, 4.69) is 34.1 Å². The number of thioether (sulfide) groups is 1. The molecule has 0 amide bonds. The SMILES string of the molecule is CC(C)c1nc(NC2CCSc3ccc(F)cc32)nc(N(C)C)n1. The van der Waals surface area contributed by atoms with Gasteiger partial charge in [0.1, 0.15) is 11.6 Å². The molecular weight excluding hydrogens is 325 g/mol. The predicted octanol–water partition coefficient (Wildman–Crippen LogP) is 3.85. The summed E-state index contributed by atoms with van der Waals surface area (Å²) in [5.41, 5.74) is 0.976. The number of hydrogen-bond donors (Lipinski definition) is 1. The molecule has 1 N–H and O–H groups in total. The molecule has 0 aliphatic carbocycles. The molecule has 0 spiro atoms. The largest absolute Gasteiger partial charge is 0.347 e. The number of fused-ring (bicyclic) bond motifs is 1. The average molecular weight is 347 g/mol. The fraction of sp³-hybridized carbons (Fsp3) is 0.471. The summed E-state index contributed by atoms with van der Waals surface area (Å²) in [5, 5.41) is 3.39. The van der Waals surface area contributed by atoms with E-state index in [1.54, 1.807) is 17.8 Å². The summed E-state index contributed by atoms with van der Waals surface area (Å²) in [5.74, 6) is 2.90. The Morgan fingerprint density at radius 3 is 2.75 bits per heavy atom. The average Bonchev–Trinajstić information content (AvgIpc) is 2.55. The molecule has 0 saturated heterocycles. The molecular formula is C17H22FN5S. The van der Waals surface area contributed by atoms with Crippen LogP contribution in [0.3, 0.4) is 0 Å². The molecule has 7 heteroatoms. The van der Waals surface area contributed by atoms with Crippen LogP contribution in [0.5, 0.6) is 0 Å². The third kappa shape index (κ3) is 3.61. The maximum atomic E-state index is 13.7. The highest BCUT2D eigenvalue weighted by atomic mass is 32.2. The number of benzene rings is 1. The first-order valence-electron chi connectivity index (χ1n) is 8.06. The molecule has 1 aromatic carbocycles. The van der Waals surface area contributed by atoms with Gasteiger partial charge in [-0.1, -0.05) is 13.8 Å². The van der Waals surface area contributed by atoms with E-state index in [1.807, 2.05) is 25.1 Å². The van der Waals surface area contributed by atoms with Crippen LogP contribution in [0, 0.1) is 5.82 Å². The van der Waals surface area contributed by atoms with Gasteiger partial charge in [-0.25, -0.2) is 4.39 Å². The second-order valence-corrected chi connectivity index (χ2v) is 7.52. The quantitative estimate of drug-likeness (QED) is 0.907. The molecule has 1 unspecified atom stereocenters. The van der Waals surface area contributed by atoms with Crippen molar-refractivity contribution in [2.24, 2.45) is 0 Å². The maximum Gasteiger partial charge on any atom is 0.229 e. The Hall–Kier alpha value is -1.89. The van der Waals surface area contributed by atoms with Gasteiger partial charge in [0, 0.05) is 30.7 Å². The summed E-state index contributed by atoms with van der Waals surface area (Å²) in [6, 6.07) is 4.98. The zero-order valence-corrected chi connectivity index (χ0v) is 15.2. The minimum Gasteiger partial charge on any atom is -0.347 e. The fourth-order valence-corrected chi connectivity index (χ4v) is 3.68. The van der Waals surface area contributed by atoms with Crippen molar-refractivity contribution >= 4 is 23.7 Å². The molecule has 1 atom stereocenters. The highest BCUT2D eigenvalue weighted by molar-refractivity contribution is 7.99. The van der Waals surface area contributed by atoms with Gasteiger partial charge < -0.3 is 10.2 Å². The topological polar surface area (TPSA) is 53.9 Å². The Kier molecular flexibility index (Phi) is 4.89. The maximum absolute atomic E-state index is 13.7. The molecule has 2 aromatic rings. The zero-order chi connectivity index (χ0) is 17.3. The monoisotopic (exact) mass is 347 g/mol. The summed E-state index contributed by atoms with van der Waals surface area (Å²) in [6.07, 6.45) is 0.904. The molecule has 2 heterocycles. The highest BCUT2D eigenvalue weighted by Crippen LogP contribution is 2.38. The summed E-state index contributed by atoms with van der Waals surface area (Å²) in [6.45, 7) is 4.11. The second-order valence-electron chi connectivity index (χ2n) is 6.38. The Labute approximate surface area is 146 Å². The number of anilines is 2. The van der Waals surface area contributed by atoms with Crippen molar-refractivity contribution in [3.8, 4) is 0 Å². The van der Waals surface area contributed by atoms with Gasteiger partial charge in [0.05, 0.1) is 6.04 Å². The van der Waals surface area contributed by atoms with E-state index >= 15 is 0 Å².